The third kappa shape index (κ3) is 19.6. The first-order valence-corrected chi connectivity index (χ1v) is 11.2. The van der Waals surface area contributed by atoms with Crippen molar-refractivity contribution < 1.29 is 8.98 Å². The van der Waals surface area contributed by atoms with Crippen molar-refractivity contribution in [3.05, 3.63) is 12.7 Å². The van der Waals surface area contributed by atoms with Crippen LogP contribution >= 0.6 is 12.0 Å². The van der Waals surface area contributed by atoms with Gasteiger partial charge in [0.2, 0.25) is 0 Å². The minimum absolute atomic E-state index is 0.337. The molecule has 0 atom stereocenters. The van der Waals surface area contributed by atoms with E-state index in [1.165, 1.54) is 114 Å². The molecular formula is C21H40O2S. The number of rotatable bonds is 19. The van der Waals surface area contributed by atoms with Crippen LogP contribution in [0.5, 0.6) is 0 Å². The van der Waals surface area contributed by atoms with Crippen molar-refractivity contribution in [1.82, 2.24) is 0 Å². The molecule has 0 aliphatic heterocycles. The van der Waals surface area contributed by atoms with Gasteiger partial charge in [-0.25, -0.2) is 4.79 Å². The molecule has 0 aromatic heterocycles. The second-order valence-electron chi connectivity index (χ2n) is 6.73. The molecular weight excluding hydrogens is 316 g/mol. The van der Waals surface area contributed by atoms with Crippen LogP contribution in [0.3, 0.4) is 0 Å². The Morgan fingerprint density at radius 3 is 1.50 bits per heavy atom. The highest BCUT2D eigenvalue weighted by molar-refractivity contribution is 7.95. The number of carbonyl (C=O) groups is 1. The van der Waals surface area contributed by atoms with Gasteiger partial charge in [0.1, 0.15) is 0 Å². The topological polar surface area (TPSA) is 26.3 Å². The van der Waals surface area contributed by atoms with Gasteiger partial charge in [-0.2, -0.15) is 0 Å². The summed E-state index contributed by atoms with van der Waals surface area (Å²) >= 11 is 1.25. The lowest BCUT2D eigenvalue weighted by atomic mass is 10.0. The summed E-state index contributed by atoms with van der Waals surface area (Å²) in [7, 11) is 0. The highest BCUT2D eigenvalue weighted by Gasteiger charge is 1.97. The molecule has 0 aliphatic rings. The molecule has 0 spiro atoms. The van der Waals surface area contributed by atoms with Crippen LogP contribution in [0, 0.1) is 0 Å². The minimum atomic E-state index is -0.337. The van der Waals surface area contributed by atoms with Gasteiger partial charge in [-0.05, 0) is 6.42 Å². The van der Waals surface area contributed by atoms with Crippen molar-refractivity contribution in [2.24, 2.45) is 0 Å². The first-order valence-electron chi connectivity index (χ1n) is 10.3. The molecule has 0 amide bonds. The Balaban J connectivity index is 3.00. The second-order valence-corrected chi connectivity index (χ2v) is 7.54. The normalized spacial score (nSPS) is 10.7. The Labute approximate surface area is 155 Å². The molecule has 0 unspecified atom stereocenters. The predicted molar refractivity (Wildman–Crippen MR) is 108 cm³/mol. The molecule has 142 valence electrons. The summed E-state index contributed by atoms with van der Waals surface area (Å²) in [6, 6.07) is 0. The van der Waals surface area contributed by atoms with Gasteiger partial charge in [0.05, 0.1) is 12.0 Å². The largest absolute Gasteiger partial charge is 0.388 e. The maximum atomic E-state index is 10.8. The van der Waals surface area contributed by atoms with Crippen LogP contribution in [0.1, 0.15) is 110 Å². The lowest BCUT2D eigenvalue weighted by molar-refractivity contribution is -0.127. The van der Waals surface area contributed by atoms with Crippen LogP contribution < -0.4 is 0 Å². The quantitative estimate of drug-likeness (QED) is 0.135. The van der Waals surface area contributed by atoms with Gasteiger partial charge in [-0.15, -0.1) is 0 Å². The molecule has 24 heavy (non-hydrogen) atoms. The maximum absolute atomic E-state index is 10.8. The molecule has 0 bridgehead atoms. The van der Waals surface area contributed by atoms with Gasteiger partial charge >= 0.3 is 5.97 Å². The number of hydrogen-bond acceptors (Lipinski definition) is 3. The Morgan fingerprint density at radius 2 is 1.12 bits per heavy atom. The smallest absolute Gasteiger partial charge is 0.342 e. The van der Waals surface area contributed by atoms with Gasteiger partial charge in [0.15, 0.2) is 0 Å². The summed E-state index contributed by atoms with van der Waals surface area (Å²) in [5.41, 5.74) is 0. The molecule has 0 saturated heterocycles. The van der Waals surface area contributed by atoms with Gasteiger partial charge in [-0.3, -0.25) is 0 Å². The predicted octanol–water partition coefficient (Wildman–Crippen LogP) is 7.63. The Hall–Kier alpha value is -0.440. The van der Waals surface area contributed by atoms with Gasteiger partial charge in [-0.1, -0.05) is 110 Å². The summed E-state index contributed by atoms with van der Waals surface area (Å²) in [4.78, 5) is 10.8. The molecule has 3 heteroatoms. The van der Waals surface area contributed by atoms with E-state index in [4.69, 9.17) is 4.18 Å². The zero-order valence-corrected chi connectivity index (χ0v) is 16.8. The van der Waals surface area contributed by atoms with Crippen molar-refractivity contribution >= 4 is 18.0 Å². The minimum Gasteiger partial charge on any atom is -0.388 e. The van der Waals surface area contributed by atoms with Crippen molar-refractivity contribution in [2.75, 3.05) is 5.75 Å². The Bertz CT molecular complexity index is 279. The van der Waals surface area contributed by atoms with Crippen molar-refractivity contribution in [1.29, 1.82) is 0 Å². The van der Waals surface area contributed by atoms with Crippen LogP contribution in [0.25, 0.3) is 0 Å². The molecule has 0 radical (unpaired) electrons. The second kappa shape index (κ2) is 20.6. The van der Waals surface area contributed by atoms with E-state index in [0.29, 0.717) is 0 Å². The molecule has 0 rings (SSSR count). The third-order valence-electron chi connectivity index (χ3n) is 4.39. The average Bonchev–Trinajstić information content (AvgIpc) is 2.60. The molecule has 2 nitrogen and oxygen atoms in total. The Morgan fingerprint density at radius 1 is 0.750 bits per heavy atom. The Kier molecular flexibility index (Phi) is 20.2. The molecule has 0 N–H and O–H groups in total. The number of carbonyl (C=O) groups excluding carboxylic acids is 1. The summed E-state index contributed by atoms with van der Waals surface area (Å²) in [6.45, 7) is 5.65. The summed E-state index contributed by atoms with van der Waals surface area (Å²) in [5, 5.41) is 0. The summed E-state index contributed by atoms with van der Waals surface area (Å²) < 4.78 is 4.88. The SMILES string of the molecule is C=CC(=O)OSCCCCCCCCCCCCCCCCCC. The van der Waals surface area contributed by atoms with Crippen LogP contribution in [0.2, 0.25) is 0 Å². The fraction of sp³-hybridized carbons (Fsp3) is 0.857. The zero-order chi connectivity index (χ0) is 17.7. The van der Waals surface area contributed by atoms with Crippen LogP contribution in [0.15, 0.2) is 12.7 Å². The number of unbranched alkanes of at least 4 members (excludes halogenated alkanes) is 15. The van der Waals surface area contributed by atoms with E-state index in [0.717, 1.165) is 12.2 Å². The van der Waals surface area contributed by atoms with Crippen molar-refractivity contribution in [3.63, 3.8) is 0 Å². The summed E-state index contributed by atoms with van der Waals surface area (Å²) in [5.74, 6) is 0.564. The molecule has 0 saturated carbocycles. The van der Waals surface area contributed by atoms with E-state index in [2.05, 4.69) is 13.5 Å². The van der Waals surface area contributed by atoms with Crippen LogP contribution in [0.4, 0.5) is 0 Å². The van der Waals surface area contributed by atoms with Gasteiger partial charge in [0, 0.05) is 11.8 Å². The fourth-order valence-electron chi connectivity index (χ4n) is 2.84. The first kappa shape index (κ1) is 23.6. The third-order valence-corrected chi connectivity index (χ3v) is 5.13. The number of hydrogen-bond donors (Lipinski definition) is 0. The highest BCUT2D eigenvalue weighted by Crippen LogP contribution is 2.14. The molecule has 0 fully saturated rings. The van der Waals surface area contributed by atoms with E-state index in [1.807, 2.05) is 0 Å². The fourth-order valence-corrected chi connectivity index (χ4v) is 3.43. The van der Waals surface area contributed by atoms with Crippen molar-refractivity contribution in [3.8, 4) is 0 Å². The lowest BCUT2D eigenvalue weighted by Gasteiger charge is -2.03. The average molecular weight is 357 g/mol. The molecule has 0 aromatic carbocycles. The molecule has 0 aliphatic carbocycles. The van der Waals surface area contributed by atoms with E-state index in [9.17, 15) is 4.79 Å². The lowest BCUT2D eigenvalue weighted by Crippen LogP contribution is -1.93. The first-order chi connectivity index (χ1) is 11.8. The van der Waals surface area contributed by atoms with E-state index >= 15 is 0 Å². The van der Waals surface area contributed by atoms with E-state index in [-0.39, 0.29) is 5.97 Å². The maximum Gasteiger partial charge on any atom is 0.342 e. The van der Waals surface area contributed by atoms with Gasteiger partial charge in [0.25, 0.3) is 0 Å². The van der Waals surface area contributed by atoms with Crippen LogP contribution in [-0.2, 0) is 8.98 Å². The van der Waals surface area contributed by atoms with E-state index in [1.54, 1.807) is 0 Å². The highest BCUT2D eigenvalue weighted by atomic mass is 32.2. The van der Waals surface area contributed by atoms with Crippen molar-refractivity contribution in [2.45, 2.75) is 110 Å². The van der Waals surface area contributed by atoms with Crippen LogP contribution in [-0.4, -0.2) is 11.7 Å². The van der Waals surface area contributed by atoms with Gasteiger partial charge < -0.3 is 4.18 Å². The molecule has 0 aromatic rings. The monoisotopic (exact) mass is 356 g/mol. The zero-order valence-electron chi connectivity index (χ0n) is 16.0. The molecule has 0 heterocycles. The summed E-state index contributed by atoms with van der Waals surface area (Å²) in [6.07, 6.45) is 23.3. The van der Waals surface area contributed by atoms with E-state index < -0.39 is 0 Å². The standard InChI is InChI=1S/C21H40O2S/c1-3-5-6-7-8-9-10-11-12-13-14-15-16-17-18-19-20-24-23-21(22)4-2/h4H,2-3,5-20H2,1H3.